The molecule has 2 rings (SSSR count). The zero-order valence-electron chi connectivity index (χ0n) is 18.6. The summed E-state index contributed by atoms with van der Waals surface area (Å²) in [4.78, 5) is 28.7. The Morgan fingerprint density at radius 1 is 1.06 bits per heavy atom. The van der Waals surface area contributed by atoms with Gasteiger partial charge in [-0.25, -0.2) is 9.59 Å². The lowest BCUT2D eigenvalue weighted by atomic mass is 10.1. The van der Waals surface area contributed by atoms with Crippen LogP contribution in [0, 0.1) is 25.2 Å². The van der Waals surface area contributed by atoms with Crippen LogP contribution in [0.15, 0.2) is 41.2 Å². The highest BCUT2D eigenvalue weighted by Crippen LogP contribution is 2.26. The summed E-state index contributed by atoms with van der Waals surface area (Å²) in [6.07, 6.45) is 1.16. The molecule has 1 saturated heterocycles. The Labute approximate surface area is 183 Å². The number of nitriles is 1. The van der Waals surface area contributed by atoms with E-state index in [0.717, 1.165) is 19.2 Å². The van der Waals surface area contributed by atoms with Crippen molar-refractivity contribution in [3.8, 4) is 6.07 Å². The number of piperazine rings is 1. The monoisotopic (exact) mass is 426 g/mol. The normalized spacial score (nSPS) is 15.1. The minimum atomic E-state index is -0.806. The molecule has 0 saturated carbocycles. The van der Waals surface area contributed by atoms with E-state index < -0.39 is 11.9 Å². The van der Waals surface area contributed by atoms with Gasteiger partial charge in [-0.05, 0) is 44.9 Å². The topological polar surface area (TPSA) is 109 Å². The van der Waals surface area contributed by atoms with Gasteiger partial charge in [-0.2, -0.15) is 5.26 Å². The summed E-state index contributed by atoms with van der Waals surface area (Å²) in [5.41, 5.74) is 9.63. The van der Waals surface area contributed by atoms with Crippen molar-refractivity contribution in [2.75, 3.05) is 44.3 Å². The van der Waals surface area contributed by atoms with Crippen LogP contribution in [0.1, 0.15) is 25.0 Å². The second-order valence-corrected chi connectivity index (χ2v) is 7.12. The van der Waals surface area contributed by atoms with E-state index in [1.165, 1.54) is 16.8 Å². The summed E-state index contributed by atoms with van der Waals surface area (Å²) in [5.74, 6) is -1.31. The van der Waals surface area contributed by atoms with Crippen molar-refractivity contribution in [3.63, 3.8) is 0 Å². The van der Waals surface area contributed by atoms with Gasteiger partial charge in [-0.1, -0.05) is 18.2 Å². The quantitative estimate of drug-likeness (QED) is 0.306. The summed E-state index contributed by atoms with van der Waals surface area (Å²) in [5, 5.41) is 9.33. The number of rotatable bonds is 7. The Kier molecular flexibility index (Phi) is 8.50. The molecule has 1 aliphatic rings. The molecule has 0 unspecified atom stereocenters. The zero-order chi connectivity index (χ0) is 23.0. The molecule has 8 nitrogen and oxygen atoms in total. The van der Waals surface area contributed by atoms with E-state index >= 15 is 0 Å². The van der Waals surface area contributed by atoms with Gasteiger partial charge >= 0.3 is 11.9 Å². The Balaban J connectivity index is 2.30. The SMILES string of the molecule is CCOC(=O)/C(C#N)=C/C(C(=O)OCC)=C(/N)N1CCN(c2c(C)cccc2C)CC1. The lowest BCUT2D eigenvalue weighted by Gasteiger charge is -2.39. The van der Waals surface area contributed by atoms with Crippen LogP contribution in [-0.2, 0) is 19.1 Å². The minimum absolute atomic E-state index is 0.0213. The summed E-state index contributed by atoms with van der Waals surface area (Å²) in [7, 11) is 0. The molecule has 0 radical (unpaired) electrons. The highest BCUT2D eigenvalue weighted by molar-refractivity contribution is 5.99. The van der Waals surface area contributed by atoms with Gasteiger partial charge in [0.05, 0.1) is 13.2 Å². The predicted molar refractivity (Wildman–Crippen MR) is 118 cm³/mol. The van der Waals surface area contributed by atoms with Crippen LogP contribution in [0.25, 0.3) is 0 Å². The first-order valence-electron chi connectivity index (χ1n) is 10.4. The third kappa shape index (κ3) is 5.79. The summed E-state index contributed by atoms with van der Waals surface area (Å²) < 4.78 is 9.98. The van der Waals surface area contributed by atoms with Crippen LogP contribution in [0.3, 0.4) is 0 Å². The van der Waals surface area contributed by atoms with Crippen LogP contribution in [0.5, 0.6) is 0 Å². The van der Waals surface area contributed by atoms with Gasteiger partial charge in [0.2, 0.25) is 0 Å². The Hall–Kier alpha value is -3.47. The predicted octanol–water partition coefficient (Wildman–Crippen LogP) is 2.17. The van der Waals surface area contributed by atoms with Crippen molar-refractivity contribution in [3.05, 3.63) is 52.4 Å². The van der Waals surface area contributed by atoms with Crippen LogP contribution < -0.4 is 10.6 Å². The molecule has 2 N–H and O–H groups in total. The van der Waals surface area contributed by atoms with E-state index in [4.69, 9.17) is 15.2 Å². The molecule has 0 aromatic heterocycles. The average molecular weight is 427 g/mol. The van der Waals surface area contributed by atoms with E-state index in [9.17, 15) is 14.9 Å². The zero-order valence-corrected chi connectivity index (χ0v) is 18.6. The number of para-hydroxylation sites is 1. The summed E-state index contributed by atoms with van der Waals surface area (Å²) in [6, 6.07) is 7.99. The number of hydrogen-bond donors (Lipinski definition) is 1. The van der Waals surface area contributed by atoms with Crippen molar-refractivity contribution in [1.29, 1.82) is 5.26 Å². The second-order valence-electron chi connectivity index (χ2n) is 7.12. The molecule has 166 valence electrons. The first-order chi connectivity index (χ1) is 14.8. The fraction of sp³-hybridized carbons (Fsp3) is 0.435. The average Bonchev–Trinajstić information content (AvgIpc) is 2.74. The van der Waals surface area contributed by atoms with Crippen molar-refractivity contribution >= 4 is 17.6 Å². The smallest absolute Gasteiger partial charge is 0.348 e. The van der Waals surface area contributed by atoms with Gasteiger partial charge in [0, 0.05) is 31.9 Å². The molecule has 1 aliphatic heterocycles. The molecule has 0 spiro atoms. The molecule has 0 amide bonds. The molecule has 1 heterocycles. The molecule has 0 aliphatic carbocycles. The fourth-order valence-corrected chi connectivity index (χ4v) is 3.58. The number of carbonyl (C=O) groups is 2. The highest BCUT2D eigenvalue weighted by Gasteiger charge is 2.25. The van der Waals surface area contributed by atoms with E-state index in [1.807, 2.05) is 11.0 Å². The molecule has 1 fully saturated rings. The van der Waals surface area contributed by atoms with E-state index in [0.29, 0.717) is 13.1 Å². The lowest BCUT2D eigenvalue weighted by molar-refractivity contribution is -0.138. The van der Waals surface area contributed by atoms with Crippen molar-refractivity contribution in [1.82, 2.24) is 4.90 Å². The molecular weight excluding hydrogens is 396 g/mol. The molecule has 31 heavy (non-hydrogen) atoms. The van der Waals surface area contributed by atoms with E-state index in [2.05, 4.69) is 30.9 Å². The van der Waals surface area contributed by atoms with Crippen molar-refractivity contribution < 1.29 is 19.1 Å². The second kappa shape index (κ2) is 11.1. The summed E-state index contributed by atoms with van der Waals surface area (Å²) in [6.45, 7) is 10.3. The molecule has 8 heteroatoms. The van der Waals surface area contributed by atoms with Gasteiger partial charge in [-0.3, -0.25) is 0 Å². The van der Waals surface area contributed by atoms with Gasteiger partial charge in [-0.15, -0.1) is 0 Å². The number of nitrogens with zero attached hydrogens (tertiary/aromatic N) is 3. The largest absolute Gasteiger partial charge is 0.462 e. The van der Waals surface area contributed by atoms with Gasteiger partial charge in [0.15, 0.2) is 0 Å². The molecular formula is C23H30N4O4. The third-order valence-corrected chi connectivity index (χ3v) is 5.05. The maximum absolute atomic E-state index is 12.5. The van der Waals surface area contributed by atoms with E-state index in [1.54, 1.807) is 19.9 Å². The Bertz CT molecular complexity index is 902. The number of esters is 2. The maximum atomic E-state index is 12.5. The van der Waals surface area contributed by atoms with Crippen molar-refractivity contribution in [2.45, 2.75) is 27.7 Å². The molecule has 1 aromatic rings. The minimum Gasteiger partial charge on any atom is -0.462 e. The number of aryl methyl sites for hydroxylation is 2. The van der Waals surface area contributed by atoms with Gasteiger partial charge in [0.1, 0.15) is 23.0 Å². The molecule has 0 atom stereocenters. The van der Waals surface area contributed by atoms with Gasteiger partial charge in [0.25, 0.3) is 0 Å². The van der Waals surface area contributed by atoms with Gasteiger partial charge < -0.3 is 25.0 Å². The standard InChI is InChI=1S/C23H30N4O4/c1-5-30-22(28)18(15-24)14-19(23(29)31-6-2)21(25)27-12-10-26(11-13-27)20-16(3)8-7-9-17(20)4/h7-9,14H,5-6,10-13,25H2,1-4H3/b18-14+,21-19+. The molecule has 1 aromatic carbocycles. The maximum Gasteiger partial charge on any atom is 0.348 e. The highest BCUT2D eigenvalue weighted by atomic mass is 16.5. The number of hydrogen-bond acceptors (Lipinski definition) is 8. The van der Waals surface area contributed by atoms with Crippen molar-refractivity contribution in [2.24, 2.45) is 5.73 Å². The number of carbonyl (C=O) groups excluding carboxylic acids is 2. The number of ether oxygens (including phenoxy) is 2. The van der Waals surface area contributed by atoms with Crippen LogP contribution >= 0.6 is 0 Å². The van der Waals surface area contributed by atoms with Crippen LogP contribution in [0.2, 0.25) is 0 Å². The number of benzene rings is 1. The first-order valence-corrected chi connectivity index (χ1v) is 10.4. The van der Waals surface area contributed by atoms with E-state index in [-0.39, 0.29) is 30.2 Å². The Morgan fingerprint density at radius 3 is 2.13 bits per heavy atom. The number of anilines is 1. The number of nitrogens with two attached hydrogens (primary N) is 1. The fourth-order valence-electron chi connectivity index (χ4n) is 3.58. The third-order valence-electron chi connectivity index (χ3n) is 5.05. The summed E-state index contributed by atoms with van der Waals surface area (Å²) >= 11 is 0. The van der Waals surface area contributed by atoms with Crippen LogP contribution in [-0.4, -0.2) is 56.2 Å². The lowest BCUT2D eigenvalue weighted by Crippen LogP contribution is -2.48. The van der Waals surface area contributed by atoms with Crippen LogP contribution in [0.4, 0.5) is 5.69 Å². The first kappa shape index (κ1) is 23.8. The molecule has 0 bridgehead atoms. The Morgan fingerprint density at radius 2 is 1.61 bits per heavy atom.